The molecule has 0 bridgehead atoms. The number of nitrogens with zero attached hydrogens (tertiary/aromatic N) is 4. The van der Waals surface area contributed by atoms with Crippen molar-refractivity contribution >= 4 is 16.7 Å². The zero-order valence-electron chi connectivity index (χ0n) is 12.4. The van der Waals surface area contributed by atoms with E-state index in [0.29, 0.717) is 11.5 Å². The summed E-state index contributed by atoms with van der Waals surface area (Å²) in [6.45, 7) is 7.39. The maximum Gasteiger partial charge on any atom is 0.161 e. The molecular weight excluding hydrogens is 291 g/mol. The third-order valence-corrected chi connectivity index (χ3v) is 4.18. The molecule has 0 radical (unpaired) electrons. The van der Waals surface area contributed by atoms with E-state index in [4.69, 9.17) is 0 Å². The molecule has 21 heavy (non-hydrogen) atoms. The largest absolute Gasteiger partial charge is 0.236 e. The molecule has 0 unspecified atom stereocenters. The number of rotatable bonds is 3. The van der Waals surface area contributed by atoms with Crippen LogP contribution in [0.15, 0.2) is 35.1 Å². The van der Waals surface area contributed by atoms with E-state index in [1.54, 1.807) is 25.3 Å². The van der Waals surface area contributed by atoms with Crippen LogP contribution in [0.3, 0.4) is 0 Å². The van der Waals surface area contributed by atoms with Gasteiger partial charge in [-0.25, -0.2) is 18.3 Å². The van der Waals surface area contributed by atoms with Crippen molar-refractivity contribution in [1.82, 2.24) is 14.8 Å². The molecule has 7 heteroatoms. The molecule has 0 aliphatic carbocycles. The second-order valence-electron chi connectivity index (χ2n) is 5.55. The maximum absolute atomic E-state index is 12.9. The highest BCUT2D eigenvalue weighted by molar-refractivity contribution is 7.85. The predicted molar refractivity (Wildman–Crippen MR) is 81.4 cm³/mol. The summed E-state index contributed by atoms with van der Waals surface area (Å²) in [4.78, 5) is 4.21. The van der Waals surface area contributed by atoms with Crippen molar-refractivity contribution in [1.29, 1.82) is 0 Å². The molecule has 2 aromatic rings. The van der Waals surface area contributed by atoms with E-state index in [1.807, 2.05) is 20.8 Å². The van der Waals surface area contributed by atoms with E-state index in [1.165, 1.54) is 10.9 Å². The van der Waals surface area contributed by atoms with Gasteiger partial charge in [-0.1, -0.05) is 0 Å². The molecule has 0 aliphatic heterocycles. The molecule has 112 valence electrons. The number of halogens is 1. The zero-order chi connectivity index (χ0) is 15.6. The van der Waals surface area contributed by atoms with Crippen LogP contribution in [0, 0.1) is 5.82 Å². The summed E-state index contributed by atoms with van der Waals surface area (Å²) in [5, 5.41) is 3.84. The third-order valence-electron chi connectivity index (χ3n) is 2.70. The molecule has 0 N–H and O–H groups in total. The number of aromatic nitrogens is 3. The molecular formula is C14H17FN4OS. The van der Waals surface area contributed by atoms with Crippen LogP contribution in [-0.4, -0.2) is 29.4 Å². The van der Waals surface area contributed by atoms with Crippen molar-refractivity contribution in [3.05, 3.63) is 42.1 Å². The van der Waals surface area contributed by atoms with Crippen molar-refractivity contribution in [2.75, 3.05) is 0 Å². The molecule has 0 fully saturated rings. The minimum atomic E-state index is -1.31. The lowest BCUT2D eigenvalue weighted by Crippen LogP contribution is -2.20. The van der Waals surface area contributed by atoms with Crippen LogP contribution in [0.1, 0.15) is 33.3 Å². The molecule has 2 aromatic heterocycles. The normalized spacial score (nSPS) is 14.2. The van der Waals surface area contributed by atoms with E-state index < -0.39 is 21.5 Å². The van der Waals surface area contributed by atoms with Crippen molar-refractivity contribution in [2.24, 2.45) is 4.40 Å². The lowest BCUT2D eigenvalue weighted by molar-refractivity contribution is 0.627. The van der Waals surface area contributed by atoms with E-state index in [0.717, 1.165) is 11.8 Å². The van der Waals surface area contributed by atoms with E-state index in [9.17, 15) is 8.60 Å². The molecule has 0 saturated carbocycles. The first-order valence-electron chi connectivity index (χ1n) is 6.41. The van der Waals surface area contributed by atoms with Gasteiger partial charge in [0.05, 0.1) is 22.9 Å². The Morgan fingerprint density at radius 3 is 2.52 bits per heavy atom. The van der Waals surface area contributed by atoms with Crippen molar-refractivity contribution in [3.8, 4) is 5.82 Å². The highest BCUT2D eigenvalue weighted by Crippen LogP contribution is 2.14. The van der Waals surface area contributed by atoms with E-state index in [2.05, 4.69) is 14.5 Å². The van der Waals surface area contributed by atoms with Gasteiger partial charge in [-0.05, 0) is 39.8 Å². The second-order valence-corrected chi connectivity index (χ2v) is 7.45. The Hall–Kier alpha value is -1.89. The maximum atomic E-state index is 12.9. The summed E-state index contributed by atoms with van der Waals surface area (Å²) < 4.78 is 30.0. The fraction of sp³-hybridized carbons (Fsp3) is 0.357. The molecule has 2 rings (SSSR count). The average molecular weight is 308 g/mol. The Labute approximate surface area is 125 Å². The quantitative estimate of drug-likeness (QED) is 0.819. The van der Waals surface area contributed by atoms with Crippen LogP contribution in [0.25, 0.3) is 5.82 Å². The number of hydrogen-bond donors (Lipinski definition) is 0. The predicted octanol–water partition coefficient (Wildman–Crippen LogP) is 2.68. The van der Waals surface area contributed by atoms with Crippen LogP contribution in [0.5, 0.6) is 0 Å². The van der Waals surface area contributed by atoms with Crippen LogP contribution in [-0.2, 0) is 11.0 Å². The molecule has 2 heterocycles. The fourth-order valence-electron chi connectivity index (χ4n) is 1.48. The minimum absolute atomic E-state index is 0.402. The Morgan fingerprint density at radius 1 is 1.33 bits per heavy atom. The molecule has 0 aromatic carbocycles. The molecule has 1 atom stereocenters. The highest BCUT2D eigenvalue weighted by atomic mass is 32.2. The standard InChI is InChI=1S/C14H17FN4OS/c1-10(18-21(20)14(2,3)4)11-5-6-13(16-7-11)19-9-12(15)8-17-19/h5-9H,1-4H3/b18-10+/t21-/m1/s1. The number of pyridine rings is 1. The average Bonchev–Trinajstić information content (AvgIpc) is 2.84. The zero-order valence-corrected chi connectivity index (χ0v) is 13.2. The SMILES string of the molecule is C/C(=N\[S@](=O)C(C)(C)C)c1ccc(-n2cc(F)cn2)nc1. The lowest BCUT2D eigenvalue weighted by atomic mass is 10.2. The molecule has 5 nitrogen and oxygen atoms in total. The summed E-state index contributed by atoms with van der Waals surface area (Å²) >= 11 is 0. The summed E-state index contributed by atoms with van der Waals surface area (Å²) in [6.07, 6.45) is 3.97. The van der Waals surface area contributed by atoms with Crippen molar-refractivity contribution in [3.63, 3.8) is 0 Å². The van der Waals surface area contributed by atoms with E-state index >= 15 is 0 Å². The van der Waals surface area contributed by atoms with Crippen LogP contribution < -0.4 is 0 Å². The van der Waals surface area contributed by atoms with Gasteiger partial charge >= 0.3 is 0 Å². The Kier molecular flexibility index (Phi) is 4.32. The van der Waals surface area contributed by atoms with Crippen molar-refractivity contribution in [2.45, 2.75) is 32.4 Å². The Bertz CT molecular complexity index is 686. The highest BCUT2D eigenvalue weighted by Gasteiger charge is 2.19. The van der Waals surface area contributed by atoms with Crippen LogP contribution in [0.2, 0.25) is 0 Å². The molecule has 0 aliphatic rings. The molecule has 0 spiro atoms. The summed E-state index contributed by atoms with van der Waals surface area (Å²) in [7, 11) is -1.31. The first-order valence-corrected chi connectivity index (χ1v) is 7.52. The second kappa shape index (κ2) is 5.85. The number of hydrogen-bond acceptors (Lipinski definition) is 3. The van der Waals surface area contributed by atoms with Crippen molar-refractivity contribution < 1.29 is 8.60 Å². The van der Waals surface area contributed by atoms with Gasteiger partial charge < -0.3 is 0 Å². The lowest BCUT2D eigenvalue weighted by Gasteiger charge is -2.14. The van der Waals surface area contributed by atoms with Gasteiger partial charge in [0.2, 0.25) is 0 Å². The third kappa shape index (κ3) is 3.81. The Balaban J connectivity index is 2.23. The first kappa shape index (κ1) is 15.5. The van der Waals surface area contributed by atoms with Gasteiger partial charge in [0, 0.05) is 11.8 Å². The van der Waals surface area contributed by atoms with Gasteiger partial charge in [-0.15, -0.1) is 0 Å². The molecule has 0 amide bonds. The first-order chi connectivity index (χ1) is 9.77. The van der Waals surface area contributed by atoms with Crippen LogP contribution in [0.4, 0.5) is 4.39 Å². The van der Waals surface area contributed by atoms with Gasteiger partial charge in [-0.2, -0.15) is 9.50 Å². The summed E-state index contributed by atoms with van der Waals surface area (Å²) in [5.74, 6) is 0.0894. The van der Waals surface area contributed by atoms with Crippen LogP contribution >= 0.6 is 0 Å². The topological polar surface area (TPSA) is 60.1 Å². The Morgan fingerprint density at radius 2 is 2.05 bits per heavy atom. The van der Waals surface area contributed by atoms with Gasteiger partial charge in [0.1, 0.15) is 11.0 Å². The van der Waals surface area contributed by atoms with Gasteiger partial charge in [0.15, 0.2) is 11.6 Å². The smallest absolute Gasteiger partial charge is 0.161 e. The van der Waals surface area contributed by atoms with Gasteiger partial charge in [-0.3, -0.25) is 0 Å². The summed E-state index contributed by atoms with van der Waals surface area (Å²) in [5.41, 5.74) is 1.41. The van der Waals surface area contributed by atoms with E-state index in [-0.39, 0.29) is 0 Å². The van der Waals surface area contributed by atoms with Gasteiger partial charge in [0.25, 0.3) is 0 Å². The monoisotopic (exact) mass is 308 g/mol. The minimum Gasteiger partial charge on any atom is -0.236 e. The molecule has 0 saturated heterocycles. The summed E-state index contributed by atoms with van der Waals surface area (Å²) in [6, 6.07) is 3.50. The fourth-order valence-corrected chi connectivity index (χ4v) is 2.10.